The van der Waals surface area contributed by atoms with E-state index in [4.69, 9.17) is 0 Å². The van der Waals surface area contributed by atoms with E-state index in [1.165, 1.54) is 16.8 Å². The fourth-order valence-electron chi connectivity index (χ4n) is 4.64. The summed E-state index contributed by atoms with van der Waals surface area (Å²) in [7, 11) is 0. The number of rotatable bonds is 5. The van der Waals surface area contributed by atoms with Gasteiger partial charge in [0.05, 0.1) is 11.4 Å². The minimum absolute atomic E-state index is 0.188. The van der Waals surface area contributed by atoms with Gasteiger partial charge in [0, 0.05) is 17.2 Å². The van der Waals surface area contributed by atoms with Crippen LogP contribution in [-0.4, -0.2) is 12.6 Å². The van der Waals surface area contributed by atoms with Crippen molar-refractivity contribution < 1.29 is 0 Å². The molecular weight excluding hydrogens is 366 g/mol. The normalized spacial score (nSPS) is 21.7. The topological polar surface area (TPSA) is 15.3 Å². The fourth-order valence-corrected chi connectivity index (χ4v) is 4.64. The van der Waals surface area contributed by atoms with E-state index in [1.54, 1.807) is 0 Å². The maximum Gasteiger partial charge on any atom is 0.162 e. The molecule has 0 bridgehead atoms. The number of allylic oxidation sites excluding steroid dienone is 3. The summed E-state index contributed by atoms with van der Waals surface area (Å²) < 4.78 is 0.621. The first-order valence-electron chi connectivity index (χ1n) is 10.5. The lowest BCUT2D eigenvalue weighted by Gasteiger charge is -2.42. The van der Waals surface area contributed by atoms with Gasteiger partial charge in [-0.2, -0.15) is 4.59 Å². The third kappa shape index (κ3) is 2.91. The van der Waals surface area contributed by atoms with Crippen LogP contribution >= 0.6 is 0 Å². The van der Waals surface area contributed by atoms with Crippen molar-refractivity contribution in [1.82, 2.24) is 10.1 Å². The molecule has 0 saturated heterocycles. The van der Waals surface area contributed by atoms with Crippen molar-refractivity contribution >= 4 is 22.6 Å². The Kier molecular flexibility index (Phi) is 4.62. The summed E-state index contributed by atoms with van der Waals surface area (Å²) in [4.78, 5) is 0. The second-order valence-electron chi connectivity index (χ2n) is 7.79. The molecule has 1 aliphatic carbocycles. The van der Waals surface area contributed by atoms with Crippen molar-refractivity contribution in [2.24, 2.45) is 0 Å². The van der Waals surface area contributed by atoms with Crippen LogP contribution in [0.5, 0.6) is 0 Å². The molecule has 3 heteroatoms. The molecule has 2 aliphatic rings. The Morgan fingerprint density at radius 2 is 1.47 bits per heavy atom. The molecule has 0 radical (unpaired) electrons. The summed E-state index contributed by atoms with van der Waals surface area (Å²) in [6.07, 6.45) is 6.66. The minimum atomic E-state index is 0.188. The SMILES string of the molecule is C=C1C=CC2C(=C1)c1ccccc1[N+]2(CC)NN(c1ccccc1)c1ccccc1. The summed E-state index contributed by atoms with van der Waals surface area (Å²) in [5, 5.41) is 2.21. The monoisotopic (exact) mass is 392 g/mol. The summed E-state index contributed by atoms with van der Waals surface area (Å²) in [6.45, 7) is 7.32. The summed E-state index contributed by atoms with van der Waals surface area (Å²) in [5.41, 5.74) is 11.1. The number of likely N-dealkylation sites (N-methyl/N-ethyl adjacent to an activating group) is 1. The molecule has 3 aromatic rings. The van der Waals surface area contributed by atoms with Crippen LogP contribution in [0.4, 0.5) is 17.1 Å². The molecule has 30 heavy (non-hydrogen) atoms. The molecule has 0 spiro atoms. The lowest BCUT2D eigenvalue weighted by Crippen LogP contribution is -2.67. The highest BCUT2D eigenvalue weighted by atomic mass is 15.9. The van der Waals surface area contributed by atoms with E-state index in [2.05, 4.69) is 127 Å². The molecule has 1 heterocycles. The first kappa shape index (κ1) is 18.6. The molecule has 1 N–H and O–H groups in total. The molecule has 0 aromatic heterocycles. The highest BCUT2D eigenvalue weighted by Crippen LogP contribution is 2.47. The predicted octanol–water partition coefficient (Wildman–Crippen LogP) is 6.16. The van der Waals surface area contributed by atoms with Crippen molar-refractivity contribution in [3.63, 3.8) is 0 Å². The van der Waals surface area contributed by atoms with E-state index >= 15 is 0 Å². The molecule has 2 unspecified atom stereocenters. The van der Waals surface area contributed by atoms with E-state index in [0.29, 0.717) is 4.59 Å². The van der Waals surface area contributed by atoms with Crippen LogP contribution in [-0.2, 0) is 0 Å². The minimum Gasteiger partial charge on any atom is -0.233 e. The number of benzene rings is 3. The number of hydrogen-bond acceptors (Lipinski definition) is 2. The van der Waals surface area contributed by atoms with Crippen molar-refractivity contribution in [1.29, 1.82) is 0 Å². The van der Waals surface area contributed by atoms with Gasteiger partial charge in [-0.15, -0.1) is 0 Å². The zero-order valence-electron chi connectivity index (χ0n) is 17.2. The van der Waals surface area contributed by atoms with Crippen LogP contribution in [0, 0.1) is 0 Å². The van der Waals surface area contributed by atoms with Crippen LogP contribution in [0.2, 0.25) is 0 Å². The zero-order chi connectivity index (χ0) is 20.6. The van der Waals surface area contributed by atoms with Crippen LogP contribution in [0.15, 0.2) is 115 Å². The molecule has 0 fully saturated rings. The molecule has 1 aliphatic heterocycles. The average molecular weight is 393 g/mol. The molecule has 3 aromatic carbocycles. The second-order valence-corrected chi connectivity index (χ2v) is 7.79. The van der Waals surface area contributed by atoms with Crippen LogP contribution in [0.3, 0.4) is 0 Å². The molecule has 2 atom stereocenters. The standard InChI is InChI=1S/C27H26N3/c1-3-30(26-17-11-10-16-24(26)25-20-21(2)18-19-27(25)30)28-29(22-12-6-4-7-13-22)23-14-8-5-9-15-23/h4-20,27-28H,2-3H2,1H3/q+1. The quantitative estimate of drug-likeness (QED) is 0.413. The number of nitrogens with one attached hydrogen (secondary N) is 1. The lowest BCUT2D eigenvalue weighted by molar-refractivity contribution is 0.200. The predicted molar refractivity (Wildman–Crippen MR) is 127 cm³/mol. The van der Waals surface area contributed by atoms with Crippen molar-refractivity contribution in [2.45, 2.75) is 13.0 Å². The van der Waals surface area contributed by atoms with E-state index < -0.39 is 0 Å². The molecular formula is C27H26N3+. The molecule has 0 saturated carbocycles. The number of para-hydroxylation sites is 3. The number of nitrogens with zero attached hydrogens (tertiary/aromatic N) is 2. The smallest absolute Gasteiger partial charge is 0.162 e. The van der Waals surface area contributed by atoms with Crippen molar-refractivity contribution in [3.05, 3.63) is 121 Å². The second kappa shape index (κ2) is 7.45. The molecule has 148 valence electrons. The van der Waals surface area contributed by atoms with Crippen LogP contribution in [0.1, 0.15) is 12.5 Å². The molecule has 3 nitrogen and oxygen atoms in total. The Bertz CT molecular complexity index is 1090. The number of hydrazine groups is 1. The van der Waals surface area contributed by atoms with Gasteiger partial charge in [0.15, 0.2) is 11.7 Å². The number of anilines is 2. The fraction of sp³-hybridized carbons (Fsp3) is 0.111. The Balaban J connectivity index is 1.68. The highest BCUT2D eigenvalue weighted by Gasteiger charge is 2.50. The number of fused-ring (bicyclic) bond motifs is 3. The number of hydrogen-bond donors (Lipinski definition) is 1. The van der Waals surface area contributed by atoms with Gasteiger partial charge in [-0.3, -0.25) is 0 Å². The maximum absolute atomic E-state index is 4.18. The summed E-state index contributed by atoms with van der Waals surface area (Å²) in [6, 6.07) is 29.9. The van der Waals surface area contributed by atoms with Crippen molar-refractivity contribution in [2.75, 3.05) is 11.6 Å². The van der Waals surface area contributed by atoms with Crippen LogP contribution < -0.4 is 15.1 Å². The third-order valence-corrected chi connectivity index (χ3v) is 6.08. The first-order valence-corrected chi connectivity index (χ1v) is 10.5. The largest absolute Gasteiger partial charge is 0.233 e. The van der Waals surface area contributed by atoms with Gasteiger partial charge in [0.1, 0.15) is 6.54 Å². The lowest BCUT2D eigenvalue weighted by atomic mass is 9.95. The first-order chi connectivity index (χ1) is 14.7. The Morgan fingerprint density at radius 1 is 0.867 bits per heavy atom. The molecule has 5 rings (SSSR count). The third-order valence-electron chi connectivity index (χ3n) is 6.08. The van der Waals surface area contributed by atoms with Gasteiger partial charge >= 0.3 is 0 Å². The van der Waals surface area contributed by atoms with E-state index in [1.807, 2.05) is 0 Å². The van der Waals surface area contributed by atoms with E-state index in [-0.39, 0.29) is 6.04 Å². The Labute approximate surface area is 178 Å². The average Bonchev–Trinajstić information content (AvgIpc) is 3.08. The van der Waals surface area contributed by atoms with Gasteiger partial charge in [-0.05, 0) is 55.0 Å². The highest BCUT2D eigenvalue weighted by molar-refractivity contribution is 5.89. The van der Waals surface area contributed by atoms with Crippen LogP contribution in [0.25, 0.3) is 5.57 Å². The van der Waals surface area contributed by atoms with Gasteiger partial charge in [-0.1, -0.05) is 66.7 Å². The van der Waals surface area contributed by atoms with Crippen molar-refractivity contribution in [3.8, 4) is 0 Å². The zero-order valence-corrected chi connectivity index (χ0v) is 17.2. The van der Waals surface area contributed by atoms with Gasteiger partial charge in [0.25, 0.3) is 0 Å². The summed E-state index contributed by atoms with van der Waals surface area (Å²) in [5.74, 6) is 0. The van der Waals surface area contributed by atoms with Gasteiger partial charge in [-0.25, -0.2) is 5.01 Å². The number of quaternary nitrogens is 1. The Hall–Kier alpha value is -3.40. The van der Waals surface area contributed by atoms with E-state index in [9.17, 15) is 0 Å². The Morgan fingerprint density at radius 3 is 2.10 bits per heavy atom. The summed E-state index contributed by atoms with van der Waals surface area (Å²) >= 11 is 0. The van der Waals surface area contributed by atoms with Gasteiger partial charge in [0.2, 0.25) is 0 Å². The molecule has 0 amide bonds. The maximum atomic E-state index is 4.18. The van der Waals surface area contributed by atoms with Gasteiger partial charge < -0.3 is 0 Å². The van der Waals surface area contributed by atoms with E-state index in [0.717, 1.165) is 23.5 Å².